The van der Waals surface area contributed by atoms with Crippen LogP contribution in [0.3, 0.4) is 0 Å². The number of rotatable bonds is 2. The second kappa shape index (κ2) is 9.33. The highest BCUT2D eigenvalue weighted by Gasteiger charge is 2.45. The fourth-order valence-electron chi connectivity index (χ4n) is 3.37. The van der Waals surface area contributed by atoms with Crippen LogP contribution in [0.2, 0.25) is 5.02 Å². The Hall–Kier alpha value is -3.50. The van der Waals surface area contributed by atoms with Crippen LogP contribution in [0.5, 0.6) is 11.5 Å². The molecule has 2 heterocycles. The number of para-hydroxylation sites is 1. The van der Waals surface area contributed by atoms with Crippen molar-refractivity contribution < 1.29 is 19.1 Å². The van der Waals surface area contributed by atoms with Gasteiger partial charge in [0.25, 0.3) is 5.91 Å². The van der Waals surface area contributed by atoms with Crippen molar-refractivity contribution in [3.05, 3.63) is 70.8 Å². The van der Waals surface area contributed by atoms with Gasteiger partial charge in [-0.2, -0.15) is 5.26 Å². The van der Waals surface area contributed by atoms with E-state index in [0.29, 0.717) is 41.5 Å². The molecule has 5 rings (SSSR count). The van der Waals surface area contributed by atoms with Gasteiger partial charge in [0.05, 0.1) is 16.7 Å². The first kappa shape index (κ1) is 21.7. The Bertz CT molecular complexity index is 1100. The Labute approximate surface area is 191 Å². The van der Waals surface area contributed by atoms with Crippen LogP contribution in [0.25, 0.3) is 0 Å². The molecule has 164 valence electrons. The quantitative estimate of drug-likeness (QED) is 0.683. The van der Waals surface area contributed by atoms with Crippen LogP contribution in [-0.2, 0) is 11.2 Å². The summed E-state index contributed by atoms with van der Waals surface area (Å²) < 4.78 is 11.4. The highest BCUT2D eigenvalue weighted by atomic mass is 35.5. The molecule has 1 saturated carbocycles. The predicted molar refractivity (Wildman–Crippen MR) is 119 cm³/mol. The van der Waals surface area contributed by atoms with E-state index in [1.54, 1.807) is 48.5 Å². The lowest BCUT2D eigenvalue weighted by Gasteiger charge is -2.21. The monoisotopic (exact) mass is 451 g/mol. The molecule has 3 aliphatic rings. The van der Waals surface area contributed by atoms with E-state index in [2.05, 4.69) is 16.7 Å². The summed E-state index contributed by atoms with van der Waals surface area (Å²) in [6.45, 7) is 0.556. The van der Waals surface area contributed by atoms with Gasteiger partial charge < -0.3 is 20.1 Å². The normalized spacial score (nSPS) is 19.5. The third kappa shape index (κ3) is 5.04. The minimum absolute atomic E-state index is 0.196. The number of nitriles is 1. The van der Waals surface area contributed by atoms with E-state index in [1.165, 1.54) is 0 Å². The molecule has 7 nitrogen and oxygen atoms in total. The first-order chi connectivity index (χ1) is 15.5. The molecule has 2 aromatic rings. The van der Waals surface area contributed by atoms with E-state index in [0.717, 1.165) is 5.56 Å². The van der Waals surface area contributed by atoms with E-state index in [1.807, 2.05) is 6.08 Å². The van der Waals surface area contributed by atoms with Gasteiger partial charge in [-0.1, -0.05) is 29.8 Å². The van der Waals surface area contributed by atoms with Crippen LogP contribution >= 0.6 is 11.6 Å². The molecule has 32 heavy (non-hydrogen) atoms. The molecule has 0 saturated heterocycles. The number of amides is 2. The second-order valence-corrected chi connectivity index (χ2v) is 8.17. The molecule has 0 unspecified atom stereocenters. The molecule has 2 aliphatic heterocycles. The fraction of sp³-hybridized carbons (Fsp3) is 0.292. The summed E-state index contributed by atoms with van der Waals surface area (Å²) in [6.07, 6.45) is 4.98. The van der Waals surface area contributed by atoms with Crippen LogP contribution < -0.4 is 20.1 Å². The number of carbonyl (C=O) groups excluding carboxylic acids is 2. The SMILES string of the molecule is N#CC1(NC(=O)[C@@H]2Cc3ccc(c(Cl)c3)OCC=CCOc3ccccc3C(=O)N2)CC1. The number of nitrogens with zero attached hydrogens (tertiary/aromatic N) is 1. The van der Waals surface area contributed by atoms with Crippen LogP contribution in [0, 0.1) is 11.3 Å². The van der Waals surface area contributed by atoms with Gasteiger partial charge in [-0.15, -0.1) is 0 Å². The molecule has 1 fully saturated rings. The highest BCUT2D eigenvalue weighted by molar-refractivity contribution is 6.32. The second-order valence-electron chi connectivity index (χ2n) is 7.77. The number of ether oxygens (including phenoxy) is 2. The summed E-state index contributed by atoms with van der Waals surface area (Å²) >= 11 is 6.35. The summed E-state index contributed by atoms with van der Waals surface area (Å²) in [5.41, 5.74) is 0.216. The number of carbonyl (C=O) groups is 2. The molecule has 2 bridgehead atoms. The molecule has 2 amide bonds. The maximum Gasteiger partial charge on any atom is 0.255 e. The van der Waals surface area contributed by atoms with Gasteiger partial charge in [0, 0.05) is 6.42 Å². The highest BCUT2D eigenvalue weighted by Crippen LogP contribution is 2.34. The van der Waals surface area contributed by atoms with Gasteiger partial charge in [0.1, 0.15) is 36.3 Å². The van der Waals surface area contributed by atoms with E-state index >= 15 is 0 Å². The van der Waals surface area contributed by atoms with Gasteiger partial charge in [0.15, 0.2) is 0 Å². The van der Waals surface area contributed by atoms with Crippen molar-refractivity contribution in [1.29, 1.82) is 5.26 Å². The zero-order chi connectivity index (χ0) is 22.6. The third-order valence-electron chi connectivity index (χ3n) is 5.35. The van der Waals surface area contributed by atoms with Gasteiger partial charge in [0.2, 0.25) is 5.91 Å². The molecular formula is C24H22ClN3O4. The van der Waals surface area contributed by atoms with Crippen LogP contribution in [0.15, 0.2) is 54.6 Å². The van der Waals surface area contributed by atoms with Gasteiger partial charge in [-0.25, -0.2) is 0 Å². The summed E-state index contributed by atoms with van der Waals surface area (Å²) in [5.74, 6) is 0.0646. The van der Waals surface area contributed by atoms with Crippen molar-refractivity contribution in [2.45, 2.75) is 30.8 Å². The lowest BCUT2D eigenvalue weighted by molar-refractivity contribution is -0.123. The van der Waals surface area contributed by atoms with E-state index in [-0.39, 0.29) is 13.0 Å². The summed E-state index contributed by atoms with van der Waals surface area (Å²) in [7, 11) is 0. The Morgan fingerprint density at radius 3 is 2.53 bits per heavy atom. The van der Waals surface area contributed by atoms with Crippen molar-refractivity contribution >= 4 is 23.4 Å². The Kier molecular flexibility index (Phi) is 6.33. The average molecular weight is 452 g/mol. The summed E-state index contributed by atoms with van der Waals surface area (Å²) in [6, 6.07) is 13.3. The number of fused-ring (bicyclic) bond motifs is 9. The van der Waals surface area contributed by atoms with E-state index < -0.39 is 23.4 Å². The first-order valence-electron chi connectivity index (χ1n) is 10.3. The molecular weight excluding hydrogens is 430 g/mol. The molecule has 2 aromatic carbocycles. The van der Waals surface area contributed by atoms with E-state index in [4.69, 9.17) is 21.1 Å². The Morgan fingerprint density at radius 1 is 1.12 bits per heavy atom. The Morgan fingerprint density at radius 2 is 1.84 bits per heavy atom. The van der Waals surface area contributed by atoms with Crippen molar-refractivity contribution in [3.8, 4) is 17.6 Å². The van der Waals surface area contributed by atoms with Gasteiger partial charge in [-0.3, -0.25) is 9.59 Å². The topological polar surface area (TPSA) is 100 Å². The number of halogens is 1. The smallest absolute Gasteiger partial charge is 0.255 e. The Balaban J connectivity index is 1.65. The maximum atomic E-state index is 13.1. The number of nitrogens with one attached hydrogen (secondary N) is 2. The largest absolute Gasteiger partial charge is 0.489 e. The molecule has 1 aliphatic carbocycles. The first-order valence-corrected chi connectivity index (χ1v) is 10.7. The minimum Gasteiger partial charge on any atom is -0.489 e. The zero-order valence-corrected chi connectivity index (χ0v) is 18.0. The van der Waals surface area contributed by atoms with Gasteiger partial charge in [-0.05, 0) is 54.8 Å². The van der Waals surface area contributed by atoms with Crippen molar-refractivity contribution in [2.75, 3.05) is 13.2 Å². The average Bonchev–Trinajstić information content (AvgIpc) is 3.56. The molecule has 0 aromatic heterocycles. The molecule has 1 atom stereocenters. The molecule has 0 spiro atoms. The maximum absolute atomic E-state index is 13.1. The molecule has 2 N–H and O–H groups in total. The third-order valence-corrected chi connectivity index (χ3v) is 5.65. The standard InChI is InChI=1S/C24H22ClN3O4/c25-18-13-16-7-8-21(18)32-12-4-3-11-31-20-6-2-1-5-17(20)22(29)27-19(14-16)23(30)28-24(15-26)9-10-24/h1-8,13,19H,9-12,14H2,(H,27,29)(H,28,30)/t19-/m0/s1. The van der Waals surface area contributed by atoms with Crippen LogP contribution in [0.4, 0.5) is 0 Å². The lowest BCUT2D eigenvalue weighted by Crippen LogP contribution is -2.51. The summed E-state index contributed by atoms with van der Waals surface area (Å²) in [5, 5.41) is 15.3. The van der Waals surface area contributed by atoms with Crippen LogP contribution in [-0.4, -0.2) is 36.6 Å². The lowest BCUT2D eigenvalue weighted by atomic mass is 10.0. The van der Waals surface area contributed by atoms with Crippen LogP contribution in [0.1, 0.15) is 28.8 Å². The number of benzene rings is 2. The number of hydrogen-bond acceptors (Lipinski definition) is 5. The number of hydrogen-bond donors (Lipinski definition) is 2. The fourth-order valence-corrected chi connectivity index (χ4v) is 3.63. The van der Waals surface area contributed by atoms with Crippen molar-refractivity contribution in [2.24, 2.45) is 0 Å². The van der Waals surface area contributed by atoms with Crippen molar-refractivity contribution in [1.82, 2.24) is 10.6 Å². The molecule has 0 radical (unpaired) electrons. The van der Waals surface area contributed by atoms with Crippen molar-refractivity contribution in [3.63, 3.8) is 0 Å². The van der Waals surface area contributed by atoms with Gasteiger partial charge >= 0.3 is 0 Å². The summed E-state index contributed by atoms with van der Waals surface area (Å²) in [4.78, 5) is 26.1. The minimum atomic E-state index is -0.906. The zero-order valence-electron chi connectivity index (χ0n) is 17.3. The predicted octanol–water partition coefficient (Wildman–Crippen LogP) is 3.18. The molecule has 8 heteroatoms. The van der Waals surface area contributed by atoms with E-state index in [9.17, 15) is 14.9 Å².